The summed E-state index contributed by atoms with van der Waals surface area (Å²) < 4.78 is 6.53. The van der Waals surface area contributed by atoms with Gasteiger partial charge in [0.05, 0.1) is 6.20 Å². The van der Waals surface area contributed by atoms with E-state index in [1.807, 2.05) is 24.4 Å². The van der Waals surface area contributed by atoms with E-state index >= 15 is 0 Å². The highest BCUT2D eigenvalue weighted by Gasteiger charge is 2.21. The van der Waals surface area contributed by atoms with Crippen LogP contribution in [-0.4, -0.2) is 4.98 Å². The van der Waals surface area contributed by atoms with E-state index in [0.29, 0.717) is 5.89 Å². The third kappa shape index (κ3) is 4.09. The summed E-state index contributed by atoms with van der Waals surface area (Å²) in [6.45, 7) is 0. The normalized spacial score (nSPS) is 11.8. The first kappa shape index (κ1) is 26.0. The van der Waals surface area contributed by atoms with Crippen molar-refractivity contribution in [2.45, 2.75) is 0 Å². The van der Waals surface area contributed by atoms with E-state index in [9.17, 15) is 0 Å². The van der Waals surface area contributed by atoms with Crippen LogP contribution in [0.1, 0.15) is 0 Å². The minimum absolute atomic E-state index is 0.624. The molecule has 2 heteroatoms. The molecule has 10 aromatic rings. The highest BCUT2D eigenvalue weighted by atomic mass is 16.4. The molecule has 0 aliphatic carbocycles. The topological polar surface area (TPSA) is 26.0 Å². The second kappa shape index (κ2) is 10.1. The van der Waals surface area contributed by atoms with Crippen molar-refractivity contribution in [1.82, 2.24) is 4.98 Å². The lowest BCUT2D eigenvalue weighted by Crippen LogP contribution is -1.92. The summed E-state index contributed by atoms with van der Waals surface area (Å²) in [6.07, 6.45) is 1.84. The van der Waals surface area contributed by atoms with Gasteiger partial charge in [-0.1, -0.05) is 140 Å². The molecule has 1 aromatic heterocycles. The maximum absolute atomic E-state index is 6.53. The Labute approximate surface area is 271 Å². The lowest BCUT2D eigenvalue weighted by atomic mass is 9.85. The Morgan fingerprint density at radius 3 is 1.64 bits per heavy atom. The third-order valence-electron chi connectivity index (χ3n) is 9.70. The fourth-order valence-electron chi connectivity index (χ4n) is 7.41. The first-order valence-corrected chi connectivity index (χ1v) is 16.0. The molecule has 0 saturated heterocycles. The van der Waals surface area contributed by atoms with Crippen LogP contribution in [0.5, 0.6) is 0 Å². The molecule has 0 bridgehead atoms. The van der Waals surface area contributed by atoms with Crippen molar-refractivity contribution in [2.75, 3.05) is 0 Å². The zero-order chi connectivity index (χ0) is 30.9. The largest absolute Gasteiger partial charge is 0.436 e. The Balaban J connectivity index is 1.28. The number of aromatic nitrogens is 1. The smallest absolute Gasteiger partial charge is 0.227 e. The van der Waals surface area contributed by atoms with Gasteiger partial charge in [0, 0.05) is 11.1 Å². The number of benzene rings is 9. The number of nitrogens with zero attached hydrogens (tertiary/aromatic N) is 1. The van der Waals surface area contributed by atoms with Crippen LogP contribution in [0.4, 0.5) is 0 Å². The Morgan fingerprint density at radius 1 is 0.362 bits per heavy atom. The summed E-state index contributed by atoms with van der Waals surface area (Å²) in [5.74, 6) is 1.38. The fourth-order valence-corrected chi connectivity index (χ4v) is 7.41. The van der Waals surface area contributed by atoms with Crippen molar-refractivity contribution >= 4 is 53.9 Å². The van der Waals surface area contributed by atoms with Gasteiger partial charge in [-0.05, 0) is 94.3 Å². The first-order valence-electron chi connectivity index (χ1n) is 16.0. The lowest BCUT2D eigenvalue weighted by Gasteiger charge is -2.19. The van der Waals surface area contributed by atoms with Crippen molar-refractivity contribution in [1.29, 1.82) is 0 Å². The molecule has 0 aliphatic rings. The van der Waals surface area contributed by atoms with Crippen LogP contribution in [0.3, 0.4) is 0 Å². The maximum Gasteiger partial charge on any atom is 0.227 e. The predicted octanol–water partition coefficient (Wildman–Crippen LogP) is 12.5. The van der Waals surface area contributed by atoms with Gasteiger partial charge in [-0.25, -0.2) is 4.98 Å². The van der Waals surface area contributed by atoms with Gasteiger partial charge in [0.15, 0.2) is 5.76 Å². The molecular formula is C45H27NO. The van der Waals surface area contributed by atoms with E-state index < -0.39 is 0 Å². The molecule has 2 nitrogen and oxygen atoms in total. The molecule has 0 saturated carbocycles. The van der Waals surface area contributed by atoms with Gasteiger partial charge in [-0.15, -0.1) is 0 Å². The van der Waals surface area contributed by atoms with E-state index in [2.05, 4.69) is 140 Å². The molecule has 10 rings (SSSR count). The number of oxazole rings is 1. The molecule has 0 radical (unpaired) electrons. The Kier molecular flexibility index (Phi) is 5.61. The molecule has 1 heterocycles. The fraction of sp³-hybridized carbons (Fsp3) is 0. The standard InChI is InChI=1S/C45H27NO/c1-2-10-30(11-3-1)42-27-46-45(47-42)41-26-40(35-17-15-29-9-5-7-13-33(29)25-35)38-21-19-31-18-20-36(37-22-23-39(41)44(38)43(31)37)34-16-14-28-8-4-6-12-32(28)24-34/h1-27H. The molecule has 0 spiro atoms. The summed E-state index contributed by atoms with van der Waals surface area (Å²) in [5, 5.41) is 12.3. The molecule has 0 unspecified atom stereocenters. The zero-order valence-electron chi connectivity index (χ0n) is 25.4. The Morgan fingerprint density at radius 2 is 0.915 bits per heavy atom. The molecule has 0 aliphatic heterocycles. The monoisotopic (exact) mass is 597 g/mol. The van der Waals surface area contributed by atoms with E-state index in [1.165, 1.54) is 70.7 Å². The van der Waals surface area contributed by atoms with Crippen LogP contribution in [0.25, 0.3) is 98.9 Å². The number of rotatable bonds is 4. The predicted molar refractivity (Wildman–Crippen MR) is 197 cm³/mol. The molecule has 0 fully saturated rings. The summed E-state index contributed by atoms with van der Waals surface area (Å²) in [4.78, 5) is 4.86. The lowest BCUT2D eigenvalue weighted by molar-refractivity contribution is 0.589. The van der Waals surface area contributed by atoms with Gasteiger partial charge in [-0.2, -0.15) is 0 Å². The van der Waals surface area contributed by atoms with Crippen molar-refractivity contribution in [3.63, 3.8) is 0 Å². The van der Waals surface area contributed by atoms with Gasteiger partial charge in [0.25, 0.3) is 0 Å². The van der Waals surface area contributed by atoms with Gasteiger partial charge in [0.2, 0.25) is 5.89 Å². The van der Waals surface area contributed by atoms with Crippen LogP contribution in [-0.2, 0) is 0 Å². The molecule has 47 heavy (non-hydrogen) atoms. The molecule has 0 N–H and O–H groups in total. The maximum atomic E-state index is 6.53. The Hall–Kier alpha value is -6.25. The van der Waals surface area contributed by atoms with Crippen molar-refractivity contribution in [3.05, 3.63) is 164 Å². The highest BCUT2D eigenvalue weighted by molar-refractivity contribution is 6.30. The molecular weight excluding hydrogens is 571 g/mol. The quantitative estimate of drug-likeness (QED) is 0.189. The average molecular weight is 598 g/mol. The van der Waals surface area contributed by atoms with Crippen LogP contribution in [0.2, 0.25) is 0 Å². The highest BCUT2D eigenvalue weighted by Crippen LogP contribution is 2.46. The second-order valence-corrected chi connectivity index (χ2v) is 12.4. The molecule has 9 aromatic carbocycles. The van der Waals surface area contributed by atoms with Crippen LogP contribution in [0, 0.1) is 0 Å². The van der Waals surface area contributed by atoms with Crippen LogP contribution < -0.4 is 0 Å². The van der Waals surface area contributed by atoms with Crippen molar-refractivity contribution in [3.8, 4) is 45.0 Å². The van der Waals surface area contributed by atoms with Crippen molar-refractivity contribution in [2.24, 2.45) is 0 Å². The summed E-state index contributed by atoms with van der Waals surface area (Å²) in [5.41, 5.74) is 6.80. The summed E-state index contributed by atoms with van der Waals surface area (Å²) in [6, 6.07) is 56.8. The van der Waals surface area contributed by atoms with E-state index in [1.54, 1.807) is 0 Å². The number of hydrogen-bond acceptors (Lipinski definition) is 2. The van der Waals surface area contributed by atoms with Crippen LogP contribution >= 0.6 is 0 Å². The summed E-state index contributed by atoms with van der Waals surface area (Å²) >= 11 is 0. The van der Waals surface area contributed by atoms with Gasteiger partial charge >= 0.3 is 0 Å². The third-order valence-corrected chi connectivity index (χ3v) is 9.70. The van der Waals surface area contributed by atoms with Crippen LogP contribution in [0.15, 0.2) is 168 Å². The molecule has 0 atom stereocenters. The number of fused-ring (bicyclic) bond motifs is 2. The minimum Gasteiger partial charge on any atom is -0.436 e. The van der Waals surface area contributed by atoms with Gasteiger partial charge in [0.1, 0.15) is 0 Å². The summed E-state index contributed by atoms with van der Waals surface area (Å²) in [7, 11) is 0. The van der Waals surface area contributed by atoms with Gasteiger partial charge in [-0.3, -0.25) is 0 Å². The average Bonchev–Trinajstić information content (AvgIpc) is 3.64. The molecule has 0 amide bonds. The second-order valence-electron chi connectivity index (χ2n) is 12.4. The minimum atomic E-state index is 0.624. The van der Waals surface area contributed by atoms with Gasteiger partial charge < -0.3 is 4.42 Å². The molecule has 218 valence electrons. The Bertz CT molecular complexity index is 2790. The van der Waals surface area contributed by atoms with E-state index in [-0.39, 0.29) is 0 Å². The van der Waals surface area contributed by atoms with Crippen molar-refractivity contribution < 1.29 is 4.42 Å². The van der Waals surface area contributed by atoms with E-state index in [0.717, 1.165) is 22.3 Å². The number of hydrogen-bond donors (Lipinski definition) is 0. The zero-order valence-corrected chi connectivity index (χ0v) is 25.4. The first-order chi connectivity index (χ1) is 23.3. The van der Waals surface area contributed by atoms with E-state index in [4.69, 9.17) is 9.40 Å². The SMILES string of the molecule is c1ccc(-c2cnc(-c3cc(-c4ccc5ccccc5c4)c4ccc5ccc(-c6ccc7ccccc7c6)c6ccc3c4c56)o2)cc1.